The molecule has 0 heterocycles. The molecule has 102 valence electrons. The van der Waals surface area contributed by atoms with Crippen molar-refractivity contribution in [1.29, 1.82) is 5.26 Å². The van der Waals surface area contributed by atoms with Crippen molar-refractivity contribution in [2.24, 2.45) is 23.2 Å². The lowest BCUT2D eigenvalue weighted by molar-refractivity contribution is 0.120. The van der Waals surface area contributed by atoms with E-state index in [1.54, 1.807) is 0 Å². The molecular formula is C17H29N. The van der Waals surface area contributed by atoms with E-state index in [2.05, 4.69) is 19.9 Å². The lowest BCUT2D eigenvalue weighted by atomic mass is 9.64. The Morgan fingerprint density at radius 3 is 2.06 bits per heavy atom. The molecule has 2 saturated carbocycles. The molecule has 0 N–H and O–H groups in total. The Morgan fingerprint density at radius 1 is 1.00 bits per heavy atom. The standard InChI is InChI=1S/C17H29N/c1-3-10-17(13-18)11-8-16(9-12-17)15-6-4-14(2)5-7-15/h14-16H,3-12H2,1-2H3/t14?,15?,16-,17+. The molecule has 0 saturated heterocycles. The summed E-state index contributed by atoms with van der Waals surface area (Å²) < 4.78 is 0. The van der Waals surface area contributed by atoms with E-state index in [1.165, 1.54) is 57.8 Å². The zero-order chi connectivity index (χ0) is 13.0. The van der Waals surface area contributed by atoms with Crippen LogP contribution in [-0.4, -0.2) is 0 Å². The molecule has 1 nitrogen and oxygen atoms in total. The van der Waals surface area contributed by atoms with E-state index < -0.39 is 0 Å². The first-order valence-corrected chi connectivity index (χ1v) is 8.10. The first-order chi connectivity index (χ1) is 8.69. The largest absolute Gasteiger partial charge is 0.198 e. The molecular weight excluding hydrogens is 218 g/mol. The van der Waals surface area contributed by atoms with Crippen molar-refractivity contribution in [3.05, 3.63) is 0 Å². The lowest BCUT2D eigenvalue weighted by Crippen LogP contribution is -2.30. The fraction of sp³-hybridized carbons (Fsp3) is 0.941. The highest BCUT2D eigenvalue weighted by Crippen LogP contribution is 2.47. The second kappa shape index (κ2) is 6.09. The van der Waals surface area contributed by atoms with Crippen LogP contribution in [0.4, 0.5) is 0 Å². The van der Waals surface area contributed by atoms with E-state index in [9.17, 15) is 5.26 Å². The predicted molar refractivity (Wildman–Crippen MR) is 76.0 cm³/mol. The molecule has 2 rings (SSSR count). The maximum absolute atomic E-state index is 9.45. The summed E-state index contributed by atoms with van der Waals surface area (Å²) in [7, 11) is 0. The fourth-order valence-electron chi connectivity index (χ4n) is 4.32. The molecule has 0 aromatic heterocycles. The average molecular weight is 247 g/mol. The quantitative estimate of drug-likeness (QED) is 0.662. The topological polar surface area (TPSA) is 23.8 Å². The summed E-state index contributed by atoms with van der Waals surface area (Å²) in [6.45, 7) is 4.62. The Labute approximate surface area is 113 Å². The van der Waals surface area contributed by atoms with Gasteiger partial charge < -0.3 is 0 Å². The Bertz CT molecular complexity index is 285. The molecule has 0 amide bonds. The Morgan fingerprint density at radius 2 is 1.56 bits per heavy atom. The summed E-state index contributed by atoms with van der Waals surface area (Å²) in [5.41, 5.74) is 0.0488. The molecule has 0 atom stereocenters. The molecule has 0 aliphatic heterocycles. The van der Waals surface area contributed by atoms with Crippen molar-refractivity contribution in [3.8, 4) is 6.07 Å². The van der Waals surface area contributed by atoms with Crippen LogP contribution in [0, 0.1) is 34.5 Å². The molecule has 2 fully saturated rings. The number of hydrogen-bond donors (Lipinski definition) is 0. The number of nitriles is 1. The lowest BCUT2D eigenvalue weighted by Gasteiger charge is -2.40. The highest BCUT2D eigenvalue weighted by atomic mass is 14.4. The van der Waals surface area contributed by atoms with Crippen molar-refractivity contribution in [2.75, 3.05) is 0 Å². The molecule has 18 heavy (non-hydrogen) atoms. The SMILES string of the molecule is CCC[C@]1(C#N)CC[C@@H](C2CCC(C)CC2)CC1. The van der Waals surface area contributed by atoms with E-state index in [1.807, 2.05) is 0 Å². The van der Waals surface area contributed by atoms with Crippen LogP contribution in [-0.2, 0) is 0 Å². The van der Waals surface area contributed by atoms with Crippen LogP contribution < -0.4 is 0 Å². The average Bonchev–Trinajstić information content (AvgIpc) is 2.41. The van der Waals surface area contributed by atoms with Crippen molar-refractivity contribution in [3.63, 3.8) is 0 Å². The fourth-order valence-corrected chi connectivity index (χ4v) is 4.32. The third-order valence-corrected chi connectivity index (χ3v) is 5.68. The van der Waals surface area contributed by atoms with Crippen LogP contribution in [0.1, 0.15) is 78.1 Å². The second-order valence-electron chi connectivity index (χ2n) is 7.00. The van der Waals surface area contributed by atoms with Crippen LogP contribution in [0.3, 0.4) is 0 Å². The summed E-state index contributed by atoms with van der Waals surface area (Å²) in [5.74, 6) is 2.89. The van der Waals surface area contributed by atoms with Gasteiger partial charge in [0, 0.05) is 0 Å². The summed E-state index contributed by atoms with van der Waals surface area (Å²) in [4.78, 5) is 0. The van der Waals surface area contributed by atoms with Gasteiger partial charge in [0.2, 0.25) is 0 Å². The van der Waals surface area contributed by atoms with Gasteiger partial charge in [0.15, 0.2) is 0 Å². The third kappa shape index (κ3) is 3.08. The number of rotatable bonds is 3. The minimum absolute atomic E-state index is 0.0488. The van der Waals surface area contributed by atoms with Gasteiger partial charge in [-0.05, 0) is 62.7 Å². The molecule has 2 aliphatic rings. The maximum atomic E-state index is 9.45. The van der Waals surface area contributed by atoms with Crippen LogP contribution >= 0.6 is 0 Å². The summed E-state index contributed by atoms with van der Waals surface area (Å²) >= 11 is 0. The normalized spacial score (nSPS) is 41.3. The highest BCUT2D eigenvalue weighted by molar-refractivity contribution is 5.02. The minimum Gasteiger partial charge on any atom is -0.198 e. The predicted octanol–water partition coefficient (Wildman–Crippen LogP) is 5.31. The summed E-state index contributed by atoms with van der Waals surface area (Å²) in [6.07, 6.45) is 13.1. The van der Waals surface area contributed by atoms with E-state index in [4.69, 9.17) is 0 Å². The van der Waals surface area contributed by atoms with Gasteiger partial charge in [-0.15, -0.1) is 0 Å². The molecule has 0 aromatic carbocycles. The first kappa shape index (κ1) is 13.9. The molecule has 0 spiro atoms. The van der Waals surface area contributed by atoms with E-state index in [0.717, 1.165) is 24.2 Å². The number of hydrogen-bond acceptors (Lipinski definition) is 1. The van der Waals surface area contributed by atoms with Gasteiger partial charge in [-0.25, -0.2) is 0 Å². The van der Waals surface area contributed by atoms with Crippen molar-refractivity contribution in [2.45, 2.75) is 78.1 Å². The minimum atomic E-state index is 0.0488. The summed E-state index contributed by atoms with van der Waals surface area (Å²) in [6, 6.07) is 2.65. The Balaban J connectivity index is 1.84. The molecule has 0 radical (unpaired) electrons. The first-order valence-electron chi connectivity index (χ1n) is 8.10. The van der Waals surface area contributed by atoms with E-state index >= 15 is 0 Å². The van der Waals surface area contributed by atoms with Gasteiger partial charge in [-0.1, -0.05) is 33.1 Å². The van der Waals surface area contributed by atoms with Crippen molar-refractivity contribution < 1.29 is 0 Å². The van der Waals surface area contributed by atoms with Crippen LogP contribution in [0.15, 0.2) is 0 Å². The van der Waals surface area contributed by atoms with E-state index in [0.29, 0.717) is 0 Å². The van der Waals surface area contributed by atoms with Gasteiger partial charge in [0.25, 0.3) is 0 Å². The molecule has 0 bridgehead atoms. The highest BCUT2D eigenvalue weighted by Gasteiger charge is 2.37. The Kier molecular flexibility index (Phi) is 4.71. The van der Waals surface area contributed by atoms with Gasteiger partial charge in [0.05, 0.1) is 11.5 Å². The monoisotopic (exact) mass is 247 g/mol. The molecule has 2 aliphatic carbocycles. The molecule has 0 aromatic rings. The molecule has 0 unspecified atom stereocenters. The van der Waals surface area contributed by atoms with Crippen LogP contribution in [0.2, 0.25) is 0 Å². The van der Waals surface area contributed by atoms with Crippen LogP contribution in [0.25, 0.3) is 0 Å². The second-order valence-corrected chi connectivity index (χ2v) is 7.00. The van der Waals surface area contributed by atoms with Gasteiger partial charge in [-0.2, -0.15) is 5.26 Å². The van der Waals surface area contributed by atoms with Crippen LogP contribution in [0.5, 0.6) is 0 Å². The molecule has 1 heteroatoms. The zero-order valence-corrected chi connectivity index (χ0v) is 12.3. The van der Waals surface area contributed by atoms with Crippen molar-refractivity contribution in [1.82, 2.24) is 0 Å². The van der Waals surface area contributed by atoms with Gasteiger partial charge in [-0.3, -0.25) is 0 Å². The summed E-state index contributed by atoms with van der Waals surface area (Å²) in [5, 5.41) is 9.45. The smallest absolute Gasteiger partial charge is 0.0689 e. The van der Waals surface area contributed by atoms with E-state index in [-0.39, 0.29) is 5.41 Å². The Hall–Kier alpha value is -0.510. The third-order valence-electron chi connectivity index (χ3n) is 5.68. The maximum Gasteiger partial charge on any atom is 0.0689 e. The van der Waals surface area contributed by atoms with Gasteiger partial charge >= 0.3 is 0 Å². The van der Waals surface area contributed by atoms with Gasteiger partial charge in [0.1, 0.15) is 0 Å². The zero-order valence-electron chi connectivity index (χ0n) is 12.3. The van der Waals surface area contributed by atoms with Crippen molar-refractivity contribution >= 4 is 0 Å². The number of nitrogens with zero attached hydrogens (tertiary/aromatic N) is 1.